The van der Waals surface area contributed by atoms with E-state index in [0.29, 0.717) is 12.2 Å². The lowest BCUT2D eigenvalue weighted by atomic mass is 10.2. The number of carbonyl (C=O) groups is 1. The first kappa shape index (κ1) is 15.1. The van der Waals surface area contributed by atoms with Gasteiger partial charge in [-0.1, -0.05) is 6.92 Å². The SMILES string of the molecule is CCCc1nccn1CCOc1ccc(C(=O)NN)cc1. The van der Waals surface area contributed by atoms with Crippen LogP contribution in [-0.2, 0) is 13.0 Å². The van der Waals surface area contributed by atoms with Gasteiger partial charge in [-0.15, -0.1) is 0 Å². The fourth-order valence-electron chi connectivity index (χ4n) is 2.04. The average molecular weight is 288 g/mol. The van der Waals surface area contributed by atoms with Crippen molar-refractivity contribution in [3.63, 3.8) is 0 Å². The van der Waals surface area contributed by atoms with Gasteiger partial charge in [0, 0.05) is 24.4 Å². The summed E-state index contributed by atoms with van der Waals surface area (Å²) in [6.07, 6.45) is 5.81. The van der Waals surface area contributed by atoms with E-state index in [-0.39, 0.29) is 5.91 Å². The summed E-state index contributed by atoms with van der Waals surface area (Å²) in [5.41, 5.74) is 2.59. The molecule has 0 atom stereocenters. The highest BCUT2D eigenvalue weighted by molar-refractivity contribution is 5.93. The third-order valence-corrected chi connectivity index (χ3v) is 3.12. The van der Waals surface area contributed by atoms with Crippen molar-refractivity contribution in [2.24, 2.45) is 5.84 Å². The van der Waals surface area contributed by atoms with Crippen molar-refractivity contribution < 1.29 is 9.53 Å². The Balaban J connectivity index is 1.85. The number of nitrogen functional groups attached to an aromatic ring is 1. The molecule has 0 radical (unpaired) electrons. The quantitative estimate of drug-likeness (QED) is 0.460. The molecule has 1 amide bonds. The van der Waals surface area contributed by atoms with Crippen molar-refractivity contribution in [1.82, 2.24) is 15.0 Å². The molecule has 6 heteroatoms. The Kier molecular flexibility index (Phi) is 5.34. The van der Waals surface area contributed by atoms with Gasteiger partial charge in [-0.2, -0.15) is 0 Å². The van der Waals surface area contributed by atoms with Gasteiger partial charge < -0.3 is 9.30 Å². The smallest absolute Gasteiger partial charge is 0.265 e. The molecule has 0 spiro atoms. The van der Waals surface area contributed by atoms with E-state index >= 15 is 0 Å². The number of aromatic nitrogens is 2. The molecule has 1 aromatic heterocycles. The highest BCUT2D eigenvalue weighted by atomic mass is 16.5. The van der Waals surface area contributed by atoms with Crippen LogP contribution in [0.15, 0.2) is 36.7 Å². The first-order valence-electron chi connectivity index (χ1n) is 6.98. The number of nitrogens with zero attached hydrogens (tertiary/aromatic N) is 2. The maximum Gasteiger partial charge on any atom is 0.265 e. The standard InChI is InChI=1S/C15H20N4O2/c1-2-3-14-17-8-9-19(14)10-11-21-13-6-4-12(5-7-13)15(20)18-16/h4-9H,2-3,10-11,16H2,1H3,(H,18,20). The predicted molar refractivity (Wildman–Crippen MR) is 79.8 cm³/mol. The molecule has 112 valence electrons. The molecule has 0 aliphatic carbocycles. The number of ether oxygens (including phenoxy) is 1. The van der Waals surface area contributed by atoms with Crippen LogP contribution in [0.1, 0.15) is 29.5 Å². The number of aryl methyl sites for hydroxylation is 1. The lowest BCUT2D eigenvalue weighted by Crippen LogP contribution is -2.29. The summed E-state index contributed by atoms with van der Waals surface area (Å²) < 4.78 is 7.77. The zero-order valence-electron chi connectivity index (χ0n) is 12.1. The molecular formula is C15H20N4O2. The van der Waals surface area contributed by atoms with Crippen LogP contribution in [0.5, 0.6) is 5.75 Å². The number of hydrogen-bond acceptors (Lipinski definition) is 4. The molecule has 0 saturated heterocycles. The van der Waals surface area contributed by atoms with Gasteiger partial charge in [0.2, 0.25) is 0 Å². The molecule has 0 aliphatic heterocycles. The molecule has 21 heavy (non-hydrogen) atoms. The third kappa shape index (κ3) is 4.06. The minimum Gasteiger partial charge on any atom is -0.492 e. The molecule has 0 aliphatic rings. The molecular weight excluding hydrogens is 268 g/mol. The number of hydrazine groups is 1. The minimum atomic E-state index is -0.316. The van der Waals surface area contributed by atoms with E-state index in [2.05, 4.69) is 21.9 Å². The number of amides is 1. The van der Waals surface area contributed by atoms with Crippen LogP contribution in [0, 0.1) is 0 Å². The van der Waals surface area contributed by atoms with Gasteiger partial charge >= 0.3 is 0 Å². The Morgan fingerprint density at radius 3 is 2.81 bits per heavy atom. The second-order valence-electron chi connectivity index (χ2n) is 4.63. The second-order valence-corrected chi connectivity index (χ2v) is 4.63. The number of benzene rings is 1. The van der Waals surface area contributed by atoms with Crippen LogP contribution < -0.4 is 16.0 Å². The van der Waals surface area contributed by atoms with Crippen LogP contribution >= 0.6 is 0 Å². The van der Waals surface area contributed by atoms with Crippen LogP contribution in [0.3, 0.4) is 0 Å². The van der Waals surface area contributed by atoms with E-state index in [1.165, 1.54) is 0 Å². The van der Waals surface area contributed by atoms with Gasteiger partial charge in [0.15, 0.2) is 0 Å². The van der Waals surface area contributed by atoms with Crippen LogP contribution in [-0.4, -0.2) is 22.1 Å². The van der Waals surface area contributed by atoms with Crippen LogP contribution in [0.2, 0.25) is 0 Å². The Morgan fingerprint density at radius 2 is 2.14 bits per heavy atom. The van der Waals surface area contributed by atoms with Gasteiger partial charge in [-0.05, 0) is 30.7 Å². The maximum absolute atomic E-state index is 11.3. The molecule has 2 rings (SSSR count). The summed E-state index contributed by atoms with van der Waals surface area (Å²) in [4.78, 5) is 15.6. The van der Waals surface area contributed by atoms with E-state index in [1.807, 2.05) is 12.4 Å². The van der Waals surface area contributed by atoms with Crippen LogP contribution in [0.25, 0.3) is 0 Å². The summed E-state index contributed by atoms with van der Waals surface area (Å²) in [5.74, 6) is 6.56. The molecule has 0 fully saturated rings. The average Bonchev–Trinajstić information content (AvgIpc) is 2.95. The second kappa shape index (κ2) is 7.44. The van der Waals surface area contributed by atoms with Crippen molar-refractivity contribution in [2.45, 2.75) is 26.3 Å². The topological polar surface area (TPSA) is 82.2 Å². The number of nitrogens with two attached hydrogens (primary N) is 1. The van der Waals surface area contributed by atoms with Crippen molar-refractivity contribution in [3.8, 4) is 5.75 Å². The van der Waals surface area contributed by atoms with E-state index in [1.54, 1.807) is 24.3 Å². The molecule has 1 heterocycles. The first-order chi connectivity index (χ1) is 10.2. The highest BCUT2D eigenvalue weighted by Crippen LogP contribution is 2.12. The van der Waals surface area contributed by atoms with E-state index in [0.717, 1.165) is 31.0 Å². The van der Waals surface area contributed by atoms with Crippen molar-refractivity contribution in [2.75, 3.05) is 6.61 Å². The van der Waals surface area contributed by atoms with E-state index in [4.69, 9.17) is 10.6 Å². The predicted octanol–water partition coefficient (Wildman–Crippen LogP) is 1.52. The fourth-order valence-corrected chi connectivity index (χ4v) is 2.04. The van der Waals surface area contributed by atoms with E-state index < -0.39 is 0 Å². The van der Waals surface area contributed by atoms with Crippen LogP contribution in [0.4, 0.5) is 0 Å². The number of imidazole rings is 1. The van der Waals surface area contributed by atoms with E-state index in [9.17, 15) is 4.79 Å². The Bertz CT molecular complexity index is 578. The minimum absolute atomic E-state index is 0.316. The van der Waals surface area contributed by atoms with Gasteiger partial charge in [0.25, 0.3) is 5.91 Å². The summed E-state index contributed by atoms with van der Waals surface area (Å²) in [6, 6.07) is 6.87. The number of nitrogens with one attached hydrogen (secondary N) is 1. The zero-order valence-corrected chi connectivity index (χ0v) is 12.1. The van der Waals surface area contributed by atoms with Gasteiger partial charge in [0.1, 0.15) is 18.2 Å². The number of hydrogen-bond donors (Lipinski definition) is 2. The third-order valence-electron chi connectivity index (χ3n) is 3.12. The lowest BCUT2D eigenvalue weighted by Gasteiger charge is -2.09. The molecule has 0 saturated carbocycles. The molecule has 0 bridgehead atoms. The number of rotatable bonds is 7. The summed E-state index contributed by atoms with van der Waals surface area (Å²) >= 11 is 0. The van der Waals surface area contributed by atoms with Gasteiger partial charge in [-0.3, -0.25) is 10.2 Å². The van der Waals surface area contributed by atoms with Gasteiger partial charge in [-0.25, -0.2) is 10.8 Å². The summed E-state index contributed by atoms with van der Waals surface area (Å²) in [5, 5.41) is 0. The Hall–Kier alpha value is -2.34. The normalized spacial score (nSPS) is 10.4. The zero-order chi connectivity index (χ0) is 15.1. The van der Waals surface area contributed by atoms with Gasteiger partial charge in [0.05, 0.1) is 6.54 Å². The highest BCUT2D eigenvalue weighted by Gasteiger charge is 2.04. The molecule has 6 nitrogen and oxygen atoms in total. The molecule has 2 aromatic rings. The lowest BCUT2D eigenvalue weighted by molar-refractivity contribution is 0.0953. The first-order valence-corrected chi connectivity index (χ1v) is 6.98. The summed E-state index contributed by atoms with van der Waals surface area (Å²) in [6.45, 7) is 3.43. The maximum atomic E-state index is 11.3. The number of carbonyl (C=O) groups excluding carboxylic acids is 1. The monoisotopic (exact) mass is 288 g/mol. The Labute approximate surface area is 123 Å². The fraction of sp³-hybridized carbons (Fsp3) is 0.333. The molecule has 0 unspecified atom stereocenters. The van der Waals surface area contributed by atoms with Crippen molar-refractivity contribution in [3.05, 3.63) is 48.0 Å². The molecule has 1 aromatic carbocycles. The van der Waals surface area contributed by atoms with Crippen molar-refractivity contribution >= 4 is 5.91 Å². The summed E-state index contributed by atoms with van der Waals surface area (Å²) in [7, 11) is 0. The Morgan fingerprint density at radius 1 is 1.38 bits per heavy atom. The van der Waals surface area contributed by atoms with Crippen molar-refractivity contribution in [1.29, 1.82) is 0 Å². The molecule has 3 N–H and O–H groups in total. The largest absolute Gasteiger partial charge is 0.492 e.